The number of hydrogen-bond acceptors (Lipinski definition) is 3. The Kier molecular flexibility index (Phi) is 6.80. The molecule has 100 valence electrons. The first kappa shape index (κ1) is 15.0. The molecule has 1 atom stereocenters. The Labute approximate surface area is 117 Å². The molecule has 3 nitrogen and oxygen atoms in total. The molecular weight excluding hydrogens is 296 g/mol. The summed E-state index contributed by atoms with van der Waals surface area (Å²) in [6, 6.07) is 7.02. The van der Waals surface area contributed by atoms with Crippen molar-refractivity contribution in [3.63, 3.8) is 0 Å². The fraction of sp³-hybridized carbons (Fsp3) is 0.500. The van der Waals surface area contributed by atoms with Crippen LogP contribution < -0.4 is 4.74 Å². The molecule has 0 bridgehead atoms. The third kappa shape index (κ3) is 4.69. The van der Waals surface area contributed by atoms with Crippen molar-refractivity contribution in [1.29, 1.82) is 0 Å². The zero-order chi connectivity index (χ0) is 13.4. The second-order valence-corrected chi connectivity index (χ2v) is 4.78. The highest BCUT2D eigenvalue weighted by atomic mass is 79.9. The summed E-state index contributed by atoms with van der Waals surface area (Å²) in [4.78, 5) is 11.3. The number of esters is 1. The number of ether oxygens (including phenoxy) is 2. The van der Waals surface area contributed by atoms with Gasteiger partial charge in [-0.2, -0.15) is 0 Å². The van der Waals surface area contributed by atoms with Gasteiger partial charge in [0.1, 0.15) is 5.75 Å². The molecule has 0 aliphatic carbocycles. The van der Waals surface area contributed by atoms with Crippen LogP contribution in [0.5, 0.6) is 5.75 Å². The summed E-state index contributed by atoms with van der Waals surface area (Å²) in [7, 11) is 1.37. The van der Waals surface area contributed by atoms with E-state index in [0.29, 0.717) is 18.1 Å². The van der Waals surface area contributed by atoms with Crippen LogP contribution in [0.3, 0.4) is 0 Å². The normalized spacial score (nSPS) is 11.9. The molecule has 0 amide bonds. The van der Waals surface area contributed by atoms with Crippen LogP contribution in [-0.2, 0) is 4.74 Å². The van der Waals surface area contributed by atoms with Crippen LogP contribution in [0, 0.1) is 5.92 Å². The summed E-state index contributed by atoms with van der Waals surface area (Å²) in [5, 5.41) is 0.946. The molecule has 4 heteroatoms. The summed E-state index contributed by atoms with van der Waals surface area (Å²) >= 11 is 3.49. The van der Waals surface area contributed by atoms with Crippen LogP contribution in [0.15, 0.2) is 24.3 Å². The molecule has 0 aromatic heterocycles. The summed E-state index contributed by atoms with van der Waals surface area (Å²) in [6.07, 6.45) is 2.30. The molecule has 0 aliphatic rings. The summed E-state index contributed by atoms with van der Waals surface area (Å²) in [5.41, 5.74) is 0.537. The maximum absolute atomic E-state index is 11.3. The number of halogens is 1. The number of methoxy groups -OCH3 is 1. The van der Waals surface area contributed by atoms with E-state index < -0.39 is 0 Å². The van der Waals surface area contributed by atoms with E-state index >= 15 is 0 Å². The summed E-state index contributed by atoms with van der Waals surface area (Å²) in [6.45, 7) is 2.86. The maximum Gasteiger partial charge on any atom is 0.337 e. The van der Waals surface area contributed by atoms with Crippen molar-refractivity contribution in [1.82, 2.24) is 0 Å². The van der Waals surface area contributed by atoms with Crippen LogP contribution >= 0.6 is 15.9 Å². The summed E-state index contributed by atoms with van der Waals surface area (Å²) < 4.78 is 10.3. The first-order valence-corrected chi connectivity index (χ1v) is 7.20. The third-order valence-electron chi connectivity index (χ3n) is 2.68. The average Bonchev–Trinajstić information content (AvgIpc) is 2.43. The standard InChI is InChI=1S/C14H19BrO3/c1-3-4-11(9-15)10-18-13-7-5-12(6-8-13)14(16)17-2/h5-8,11H,3-4,9-10H2,1-2H3. The van der Waals surface area contributed by atoms with E-state index in [2.05, 4.69) is 27.6 Å². The van der Waals surface area contributed by atoms with Gasteiger partial charge in [-0.1, -0.05) is 29.3 Å². The van der Waals surface area contributed by atoms with E-state index in [1.54, 1.807) is 24.3 Å². The molecular formula is C14H19BrO3. The fourth-order valence-corrected chi connectivity index (χ4v) is 2.14. The van der Waals surface area contributed by atoms with Crippen LogP contribution in [0.2, 0.25) is 0 Å². The number of hydrogen-bond donors (Lipinski definition) is 0. The van der Waals surface area contributed by atoms with Crippen molar-refractivity contribution in [2.45, 2.75) is 19.8 Å². The number of benzene rings is 1. The molecule has 0 fully saturated rings. The maximum atomic E-state index is 11.3. The van der Waals surface area contributed by atoms with Gasteiger partial charge in [0.05, 0.1) is 19.3 Å². The zero-order valence-corrected chi connectivity index (χ0v) is 12.4. The smallest absolute Gasteiger partial charge is 0.337 e. The molecule has 0 saturated heterocycles. The van der Waals surface area contributed by atoms with Crippen LogP contribution in [-0.4, -0.2) is 25.0 Å². The van der Waals surface area contributed by atoms with Gasteiger partial charge in [-0.05, 0) is 30.7 Å². The lowest BCUT2D eigenvalue weighted by Crippen LogP contribution is -2.13. The first-order valence-electron chi connectivity index (χ1n) is 6.08. The zero-order valence-electron chi connectivity index (χ0n) is 10.8. The average molecular weight is 315 g/mol. The highest BCUT2D eigenvalue weighted by Crippen LogP contribution is 2.16. The van der Waals surface area contributed by atoms with E-state index in [1.165, 1.54) is 7.11 Å². The molecule has 0 aliphatic heterocycles. The van der Waals surface area contributed by atoms with Gasteiger partial charge in [-0.15, -0.1) is 0 Å². The van der Waals surface area contributed by atoms with E-state index in [0.717, 1.165) is 23.9 Å². The van der Waals surface area contributed by atoms with Crippen molar-refractivity contribution < 1.29 is 14.3 Å². The molecule has 0 spiro atoms. The van der Waals surface area contributed by atoms with Crippen LogP contribution in [0.4, 0.5) is 0 Å². The lowest BCUT2D eigenvalue weighted by Gasteiger charge is -2.14. The van der Waals surface area contributed by atoms with Crippen molar-refractivity contribution in [3.8, 4) is 5.75 Å². The topological polar surface area (TPSA) is 35.5 Å². The molecule has 0 saturated carbocycles. The number of alkyl halides is 1. The monoisotopic (exact) mass is 314 g/mol. The molecule has 18 heavy (non-hydrogen) atoms. The Morgan fingerprint density at radius 1 is 1.33 bits per heavy atom. The van der Waals surface area contributed by atoms with Gasteiger partial charge in [0.15, 0.2) is 0 Å². The van der Waals surface area contributed by atoms with Gasteiger partial charge in [0.25, 0.3) is 0 Å². The minimum atomic E-state index is -0.328. The molecule has 1 aromatic rings. The van der Waals surface area contributed by atoms with Gasteiger partial charge in [0.2, 0.25) is 0 Å². The molecule has 0 heterocycles. The first-order chi connectivity index (χ1) is 8.71. The van der Waals surface area contributed by atoms with Gasteiger partial charge < -0.3 is 9.47 Å². The van der Waals surface area contributed by atoms with Crippen molar-refractivity contribution in [2.75, 3.05) is 19.0 Å². The molecule has 1 unspecified atom stereocenters. The largest absolute Gasteiger partial charge is 0.493 e. The lowest BCUT2D eigenvalue weighted by molar-refractivity contribution is 0.0600. The Morgan fingerprint density at radius 3 is 2.50 bits per heavy atom. The van der Waals surface area contributed by atoms with Gasteiger partial charge in [0, 0.05) is 11.2 Å². The minimum Gasteiger partial charge on any atom is -0.493 e. The number of rotatable bonds is 7. The predicted octanol–water partition coefficient (Wildman–Crippen LogP) is 3.66. The van der Waals surface area contributed by atoms with Crippen molar-refractivity contribution in [3.05, 3.63) is 29.8 Å². The minimum absolute atomic E-state index is 0.328. The van der Waals surface area contributed by atoms with Crippen molar-refractivity contribution >= 4 is 21.9 Å². The molecule has 0 radical (unpaired) electrons. The van der Waals surface area contributed by atoms with Gasteiger partial charge >= 0.3 is 5.97 Å². The van der Waals surface area contributed by atoms with E-state index in [-0.39, 0.29) is 5.97 Å². The van der Waals surface area contributed by atoms with Crippen molar-refractivity contribution in [2.24, 2.45) is 5.92 Å². The van der Waals surface area contributed by atoms with Gasteiger partial charge in [-0.25, -0.2) is 4.79 Å². The Balaban J connectivity index is 2.50. The highest BCUT2D eigenvalue weighted by Gasteiger charge is 2.08. The predicted molar refractivity (Wildman–Crippen MR) is 75.5 cm³/mol. The van der Waals surface area contributed by atoms with E-state index in [9.17, 15) is 4.79 Å². The quantitative estimate of drug-likeness (QED) is 0.569. The van der Waals surface area contributed by atoms with Crippen LogP contribution in [0.1, 0.15) is 30.1 Å². The van der Waals surface area contributed by atoms with Gasteiger partial charge in [-0.3, -0.25) is 0 Å². The van der Waals surface area contributed by atoms with E-state index in [4.69, 9.17) is 4.74 Å². The van der Waals surface area contributed by atoms with E-state index in [1.807, 2.05) is 0 Å². The molecule has 1 rings (SSSR count). The van der Waals surface area contributed by atoms with Crippen LogP contribution in [0.25, 0.3) is 0 Å². The third-order valence-corrected chi connectivity index (χ3v) is 3.59. The Bertz CT molecular complexity index is 362. The second-order valence-electron chi connectivity index (χ2n) is 4.14. The fourth-order valence-electron chi connectivity index (χ4n) is 1.63. The highest BCUT2D eigenvalue weighted by molar-refractivity contribution is 9.09. The molecule has 0 N–H and O–H groups in total. The Hall–Kier alpha value is -1.03. The molecule has 1 aromatic carbocycles. The number of carbonyl (C=O) groups excluding carboxylic acids is 1. The number of carbonyl (C=O) groups is 1. The Morgan fingerprint density at radius 2 is 2.00 bits per heavy atom. The lowest BCUT2D eigenvalue weighted by atomic mass is 10.1. The summed E-state index contributed by atoms with van der Waals surface area (Å²) in [5.74, 6) is 0.978. The SMILES string of the molecule is CCCC(CBr)COc1ccc(C(=O)OC)cc1. The second kappa shape index (κ2) is 8.14.